The van der Waals surface area contributed by atoms with Gasteiger partial charge in [0, 0.05) is 5.03 Å². The number of ether oxygens (including phenoxy) is 1. The predicted octanol–water partition coefficient (Wildman–Crippen LogP) is 5.07. The molecule has 0 bridgehead atoms. The summed E-state index contributed by atoms with van der Waals surface area (Å²) in [5.74, 6) is 0. The number of benzene rings is 2. The minimum Gasteiger partial charge on any atom is -0.445 e. The summed E-state index contributed by atoms with van der Waals surface area (Å²) < 4.78 is 5.51. The van der Waals surface area contributed by atoms with Crippen molar-refractivity contribution >= 4 is 17.7 Å². The Morgan fingerprint density at radius 3 is 2.62 bits per heavy atom. The summed E-state index contributed by atoms with van der Waals surface area (Å²) in [7, 11) is 0. The maximum Gasteiger partial charge on any atom is 0.410 e. The van der Waals surface area contributed by atoms with Crippen molar-refractivity contribution in [3.05, 3.63) is 82.9 Å². The lowest BCUT2D eigenvalue weighted by Crippen LogP contribution is -2.35. The van der Waals surface area contributed by atoms with Crippen molar-refractivity contribution in [2.45, 2.75) is 25.5 Å². The second kappa shape index (κ2) is 7.54. The van der Waals surface area contributed by atoms with E-state index >= 15 is 0 Å². The van der Waals surface area contributed by atoms with Crippen LogP contribution in [0.4, 0.5) is 4.79 Å². The van der Waals surface area contributed by atoms with E-state index in [-0.39, 0.29) is 25.3 Å². The first-order valence-corrected chi connectivity index (χ1v) is 8.41. The van der Waals surface area contributed by atoms with Gasteiger partial charge in [-0.15, -0.1) is 0 Å². The lowest BCUT2D eigenvalue weighted by Gasteiger charge is -2.28. The number of halogens is 1. The molecule has 0 aliphatic heterocycles. The van der Waals surface area contributed by atoms with Gasteiger partial charge in [-0.25, -0.2) is 4.79 Å². The van der Waals surface area contributed by atoms with E-state index < -0.39 is 0 Å². The molecule has 4 heteroatoms. The average Bonchev–Trinajstić information content (AvgIpc) is 3.02. The Hall–Kier alpha value is -2.26. The van der Waals surface area contributed by atoms with Gasteiger partial charge in [-0.2, -0.15) is 0 Å². The van der Waals surface area contributed by atoms with Crippen molar-refractivity contribution in [1.29, 1.82) is 0 Å². The molecular weight excluding hydrogens is 322 g/mol. The summed E-state index contributed by atoms with van der Waals surface area (Å²) in [5.41, 5.74) is 3.41. The van der Waals surface area contributed by atoms with Crippen molar-refractivity contribution in [2.75, 3.05) is 6.54 Å². The predicted molar refractivity (Wildman–Crippen MR) is 95.8 cm³/mol. The second-order valence-corrected chi connectivity index (χ2v) is 6.47. The third-order valence-corrected chi connectivity index (χ3v) is 4.38. The van der Waals surface area contributed by atoms with Gasteiger partial charge in [0.25, 0.3) is 0 Å². The van der Waals surface area contributed by atoms with Crippen LogP contribution in [0.1, 0.15) is 29.2 Å². The van der Waals surface area contributed by atoms with Gasteiger partial charge in [-0.1, -0.05) is 72.8 Å². The smallest absolute Gasteiger partial charge is 0.410 e. The van der Waals surface area contributed by atoms with Gasteiger partial charge in [0.05, 0.1) is 12.6 Å². The highest BCUT2D eigenvalue weighted by Crippen LogP contribution is 2.36. The van der Waals surface area contributed by atoms with Crippen LogP contribution in [0.25, 0.3) is 0 Å². The monoisotopic (exact) mass is 341 g/mol. The van der Waals surface area contributed by atoms with Crippen molar-refractivity contribution in [3.8, 4) is 0 Å². The summed E-state index contributed by atoms with van der Waals surface area (Å²) in [6.07, 6.45) is 1.48. The van der Waals surface area contributed by atoms with Crippen LogP contribution in [-0.4, -0.2) is 17.5 Å². The molecule has 0 saturated carbocycles. The Morgan fingerprint density at radius 2 is 1.88 bits per heavy atom. The number of rotatable bonds is 5. The first-order chi connectivity index (χ1) is 11.6. The molecule has 0 radical (unpaired) electrons. The molecule has 2 aromatic rings. The summed E-state index contributed by atoms with van der Waals surface area (Å²) in [5, 5.41) is 0.427. The minimum atomic E-state index is -0.359. The summed E-state index contributed by atoms with van der Waals surface area (Å²) in [6.45, 7) is 4.27. The topological polar surface area (TPSA) is 29.5 Å². The second-order valence-electron chi connectivity index (χ2n) is 5.94. The van der Waals surface area contributed by atoms with E-state index in [1.54, 1.807) is 4.90 Å². The highest BCUT2D eigenvalue weighted by atomic mass is 35.5. The van der Waals surface area contributed by atoms with E-state index in [9.17, 15) is 4.79 Å². The van der Waals surface area contributed by atoms with Gasteiger partial charge >= 0.3 is 6.09 Å². The van der Waals surface area contributed by atoms with Gasteiger partial charge in [0.1, 0.15) is 6.61 Å². The highest BCUT2D eigenvalue weighted by molar-refractivity contribution is 6.29. The van der Waals surface area contributed by atoms with E-state index in [0.717, 1.165) is 18.4 Å². The van der Waals surface area contributed by atoms with E-state index in [2.05, 4.69) is 18.7 Å². The molecule has 0 aromatic heterocycles. The van der Waals surface area contributed by atoms with Gasteiger partial charge in [0.15, 0.2) is 0 Å². The largest absolute Gasteiger partial charge is 0.445 e. The third-order valence-electron chi connectivity index (χ3n) is 4.26. The number of amides is 1. The molecule has 1 aliphatic carbocycles. The molecular formula is C20H20ClNO2. The Kier molecular flexibility index (Phi) is 5.21. The van der Waals surface area contributed by atoms with Gasteiger partial charge in [0.2, 0.25) is 0 Å². The van der Waals surface area contributed by atoms with Crippen molar-refractivity contribution in [2.24, 2.45) is 0 Å². The SMILES string of the molecule is C=C(Cl)CN(C(=O)OCc1ccccc1)C1CCc2ccccc21. The van der Waals surface area contributed by atoms with Crippen LogP contribution in [0.5, 0.6) is 0 Å². The standard InChI is InChI=1S/C20H20ClNO2/c1-15(21)13-22(19-12-11-17-9-5-6-10-18(17)19)20(23)24-14-16-7-3-2-4-8-16/h2-10,19H,1,11-14H2. The Bertz CT molecular complexity index is 729. The highest BCUT2D eigenvalue weighted by Gasteiger charge is 2.31. The average molecular weight is 342 g/mol. The number of nitrogens with zero attached hydrogens (tertiary/aromatic N) is 1. The zero-order chi connectivity index (χ0) is 16.9. The van der Waals surface area contributed by atoms with Crippen LogP contribution in [0, 0.1) is 0 Å². The van der Waals surface area contributed by atoms with E-state index in [0.29, 0.717) is 5.03 Å². The molecule has 1 unspecified atom stereocenters. The molecule has 24 heavy (non-hydrogen) atoms. The van der Waals surface area contributed by atoms with Gasteiger partial charge < -0.3 is 4.74 Å². The van der Waals surface area contributed by atoms with Crippen LogP contribution in [0.15, 0.2) is 66.2 Å². The summed E-state index contributed by atoms with van der Waals surface area (Å²) in [6, 6.07) is 17.8. The number of carbonyl (C=O) groups is 1. The molecule has 1 amide bonds. The summed E-state index contributed by atoms with van der Waals surface area (Å²) in [4.78, 5) is 14.3. The zero-order valence-electron chi connectivity index (χ0n) is 13.5. The number of hydrogen-bond acceptors (Lipinski definition) is 2. The van der Waals surface area contributed by atoms with E-state index in [4.69, 9.17) is 16.3 Å². The minimum absolute atomic E-state index is 0.0139. The van der Waals surface area contributed by atoms with E-state index in [1.807, 2.05) is 42.5 Å². The van der Waals surface area contributed by atoms with Crippen molar-refractivity contribution < 1.29 is 9.53 Å². The maximum atomic E-state index is 12.7. The van der Waals surface area contributed by atoms with Crippen molar-refractivity contribution in [3.63, 3.8) is 0 Å². The van der Waals surface area contributed by atoms with Crippen LogP contribution < -0.4 is 0 Å². The van der Waals surface area contributed by atoms with Crippen LogP contribution in [0.3, 0.4) is 0 Å². The number of carbonyl (C=O) groups excluding carboxylic acids is 1. The molecule has 2 aromatic carbocycles. The fourth-order valence-corrected chi connectivity index (χ4v) is 3.28. The Labute approximate surface area is 147 Å². The molecule has 3 nitrogen and oxygen atoms in total. The normalized spacial score (nSPS) is 15.6. The fraction of sp³-hybridized carbons (Fsp3) is 0.250. The number of fused-ring (bicyclic) bond motifs is 1. The molecule has 0 saturated heterocycles. The lowest BCUT2D eigenvalue weighted by molar-refractivity contribution is 0.0846. The summed E-state index contributed by atoms with van der Waals surface area (Å²) >= 11 is 6.00. The Balaban J connectivity index is 1.74. The lowest BCUT2D eigenvalue weighted by atomic mass is 10.1. The first kappa shape index (κ1) is 16.6. The quantitative estimate of drug-likeness (QED) is 0.760. The van der Waals surface area contributed by atoms with Crippen LogP contribution in [0.2, 0.25) is 0 Å². The van der Waals surface area contributed by atoms with E-state index in [1.165, 1.54) is 11.1 Å². The Morgan fingerprint density at radius 1 is 1.17 bits per heavy atom. The molecule has 1 aliphatic rings. The third kappa shape index (κ3) is 3.80. The first-order valence-electron chi connectivity index (χ1n) is 8.03. The van der Waals surface area contributed by atoms with Gasteiger partial charge in [-0.05, 0) is 29.5 Å². The molecule has 0 fully saturated rings. The molecule has 0 N–H and O–H groups in total. The van der Waals surface area contributed by atoms with Crippen LogP contribution >= 0.6 is 11.6 Å². The molecule has 124 valence electrons. The van der Waals surface area contributed by atoms with Crippen LogP contribution in [-0.2, 0) is 17.8 Å². The zero-order valence-corrected chi connectivity index (χ0v) is 14.2. The van der Waals surface area contributed by atoms with Gasteiger partial charge in [-0.3, -0.25) is 4.90 Å². The number of hydrogen-bond donors (Lipinski definition) is 0. The molecule has 0 heterocycles. The number of aryl methyl sites for hydroxylation is 1. The van der Waals surface area contributed by atoms with Crippen molar-refractivity contribution in [1.82, 2.24) is 4.90 Å². The maximum absolute atomic E-state index is 12.7. The molecule has 3 rings (SSSR count). The molecule has 0 spiro atoms. The molecule has 1 atom stereocenters. The fourth-order valence-electron chi connectivity index (χ4n) is 3.15.